The zero-order valence-corrected chi connectivity index (χ0v) is 21.0. The fourth-order valence-electron chi connectivity index (χ4n) is 4.50. The molecular formula is C26H26F2N6O2S. The number of carbonyl (C=O) groups excluding carboxylic acids is 1. The SMILES string of the molecule is C=C/C(=C(/C)NC1CCC(NC(=O)CO)CC1)c1cc(Sc2ncc(F)cc2F)c2c(C#N)cnn2c1. The summed E-state index contributed by atoms with van der Waals surface area (Å²) in [6.45, 7) is 5.41. The van der Waals surface area contributed by atoms with Gasteiger partial charge < -0.3 is 15.7 Å². The van der Waals surface area contributed by atoms with Gasteiger partial charge in [-0.25, -0.2) is 18.3 Å². The van der Waals surface area contributed by atoms with Gasteiger partial charge in [-0.1, -0.05) is 24.4 Å². The summed E-state index contributed by atoms with van der Waals surface area (Å²) in [5.41, 5.74) is 3.25. The van der Waals surface area contributed by atoms with Gasteiger partial charge in [0.05, 0.1) is 23.5 Å². The van der Waals surface area contributed by atoms with Gasteiger partial charge in [0, 0.05) is 46.1 Å². The molecule has 3 aromatic rings. The summed E-state index contributed by atoms with van der Waals surface area (Å²) in [4.78, 5) is 15.9. The van der Waals surface area contributed by atoms with E-state index in [-0.39, 0.29) is 23.0 Å². The first-order valence-corrected chi connectivity index (χ1v) is 12.6. The van der Waals surface area contributed by atoms with Crippen molar-refractivity contribution in [1.29, 1.82) is 5.26 Å². The quantitative estimate of drug-likeness (QED) is 0.382. The maximum absolute atomic E-state index is 14.4. The second-order valence-electron chi connectivity index (χ2n) is 8.76. The number of fused-ring (bicyclic) bond motifs is 1. The highest BCUT2D eigenvalue weighted by molar-refractivity contribution is 7.99. The van der Waals surface area contributed by atoms with Crippen LogP contribution in [0.1, 0.15) is 43.7 Å². The van der Waals surface area contributed by atoms with Crippen LogP contribution in [0, 0.1) is 23.0 Å². The highest BCUT2D eigenvalue weighted by Crippen LogP contribution is 2.35. The molecule has 11 heteroatoms. The van der Waals surface area contributed by atoms with Crippen LogP contribution in [0.2, 0.25) is 0 Å². The van der Waals surface area contributed by atoms with Crippen LogP contribution in [0.5, 0.6) is 0 Å². The van der Waals surface area contributed by atoms with Crippen molar-refractivity contribution in [3.63, 3.8) is 0 Å². The topological polar surface area (TPSA) is 115 Å². The molecule has 0 aromatic carbocycles. The first-order chi connectivity index (χ1) is 17.8. The van der Waals surface area contributed by atoms with E-state index < -0.39 is 18.2 Å². The molecule has 0 saturated heterocycles. The Kier molecular flexibility index (Phi) is 8.21. The lowest BCUT2D eigenvalue weighted by Gasteiger charge is -2.31. The molecule has 0 aliphatic heterocycles. The van der Waals surface area contributed by atoms with Crippen molar-refractivity contribution in [2.24, 2.45) is 0 Å². The predicted molar refractivity (Wildman–Crippen MR) is 135 cm³/mol. The third-order valence-corrected chi connectivity index (χ3v) is 7.28. The summed E-state index contributed by atoms with van der Waals surface area (Å²) >= 11 is 0.989. The molecule has 1 amide bonds. The molecule has 0 bridgehead atoms. The number of nitrogens with one attached hydrogen (secondary N) is 2. The molecule has 8 nitrogen and oxygen atoms in total. The molecule has 3 aromatic heterocycles. The van der Waals surface area contributed by atoms with E-state index in [1.165, 1.54) is 6.20 Å². The molecule has 3 N–H and O–H groups in total. The maximum Gasteiger partial charge on any atom is 0.245 e. The van der Waals surface area contributed by atoms with E-state index in [1.54, 1.807) is 16.8 Å². The van der Waals surface area contributed by atoms with Gasteiger partial charge >= 0.3 is 0 Å². The number of aliphatic hydroxyl groups excluding tert-OH is 1. The van der Waals surface area contributed by atoms with Gasteiger partial charge in [-0.15, -0.1) is 0 Å². The zero-order chi connectivity index (χ0) is 26.5. The number of rotatable bonds is 8. The second-order valence-corrected chi connectivity index (χ2v) is 9.79. The monoisotopic (exact) mass is 524 g/mol. The minimum atomic E-state index is -0.797. The lowest BCUT2D eigenvalue weighted by molar-refractivity contribution is -0.124. The highest BCUT2D eigenvalue weighted by atomic mass is 32.2. The highest BCUT2D eigenvalue weighted by Gasteiger charge is 2.23. The van der Waals surface area contributed by atoms with E-state index in [9.17, 15) is 18.8 Å². The van der Waals surface area contributed by atoms with Crippen LogP contribution in [0.4, 0.5) is 8.78 Å². The lowest BCUT2D eigenvalue weighted by atomic mass is 9.90. The van der Waals surface area contributed by atoms with Gasteiger partial charge in [-0.05, 0) is 38.7 Å². The second kappa shape index (κ2) is 11.5. The number of hydrogen-bond acceptors (Lipinski definition) is 7. The summed E-state index contributed by atoms with van der Waals surface area (Å²) < 4.78 is 29.3. The number of allylic oxidation sites excluding steroid dienone is 3. The van der Waals surface area contributed by atoms with Gasteiger partial charge in [0.25, 0.3) is 0 Å². The molecule has 1 fully saturated rings. The normalized spacial score (nSPS) is 18.1. The van der Waals surface area contributed by atoms with E-state index in [2.05, 4.69) is 33.4 Å². The molecule has 4 rings (SSSR count). The number of carbonyl (C=O) groups is 1. The van der Waals surface area contributed by atoms with Gasteiger partial charge in [0.2, 0.25) is 5.91 Å². The number of nitrogens with zero attached hydrogens (tertiary/aromatic N) is 4. The van der Waals surface area contributed by atoms with Crippen LogP contribution in [-0.2, 0) is 4.79 Å². The van der Waals surface area contributed by atoms with Crippen LogP contribution in [0.15, 0.2) is 59.0 Å². The standard InChI is InChI=1S/C26H26F2N6O2S/c1-3-21(15(2)32-19-4-6-20(7-5-19)33-24(36)14-35)16-8-23(25-17(10-29)11-31-34(25)13-16)37-26-22(28)9-18(27)12-30-26/h3,8-9,11-13,19-20,32,35H,1,4-7,14H2,2H3,(H,33,36)/b21-15+. The largest absolute Gasteiger partial charge is 0.387 e. The van der Waals surface area contributed by atoms with E-state index in [0.717, 1.165) is 66.5 Å². The Morgan fingerprint density at radius 3 is 2.59 bits per heavy atom. The van der Waals surface area contributed by atoms with Crippen LogP contribution < -0.4 is 10.6 Å². The van der Waals surface area contributed by atoms with Gasteiger partial charge in [0.1, 0.15) is 23.5 Å². The molecule has 0 atom stereocenters. The Morgan fingerprint density at radius 1 is 1.27 bits per heavy atom. The fraction of sp³-hybridized carbons (Fsp3) is 0.308. The minimum Gasteiger partial charge on any atom is -0.387 e. The summed E-state index contributed by atoms with van der Waals surface area (Å²) in [7, 11) is 0. The van der Waals surface area contributed by atoms with Crippen molar-refractivity contribution in [3.8, 4) is 6.07 Å². The van der Waals surface area contributed by atoms with E-state index >= 15 is 0 Å². The summed E-state index contributed by atoms with van der Waals surface area (Å²) in [5, 5.41) is 29.2. The molecular weight excluding hydrogens is 498 g/mol. The lowest BCUT2D eigenvalue weighted by Crippen LogP contribution is -2.42. The van der Waals surface area contributed by atoms with Crippen LogP contribution in [0.3, 0.4) is 0 Å². The first-order valence-electron chi connectivity index (χ1n) is 11.7. The zero-order valence-electron chi connectivity index (χ0n) is 20.2. The predicted octanol–water partition coefficient (Wildman–Crippen LogP) is 3.96. The summed E-state index contributed by atoms with van der Waals surface area (Å²) in [6.07, 6.45) is 9.17. The molecule has 0 radical (unpaired) electrons. The van der Waals surface area contributed by atoms with Gasteiger partial charge in [0.15, 0.2) is 5.82 Å². The molecule has 0 spiro atoms. The van der Waals surface area contributed by atoms with Gasteiger partial charge in [-0.2, -0.15) is 10.4 Å². The van der Waals surface area contributed by atoms with Crippen LogP contribution in [-0.4, -0.2) is 44.3 Å². The van der Waals surface area contributed by atoms with Crippen molar-refractivity contribution in [1.82, 2.24) is 25.2 Å². The molecule has 1 aliphatic carbocycles. The molecule has 37 heavy (non-hydrogen) atoms. The minimum absolute atomic E-state index is 0.0189. The molecule has 1 saturated carbocycles. The van der Waals surface area contributed by atoms with E-state index in [0.29, 0.717) is 16.0 Å². The number of aromatic nitrogens is 3. The Bertz CT molecular complexity index is 1410. The number of nitriles is 1. The van der Waals surface area contributed by atoms with Crippen molar-refractivity contribution < 1.29 is 18.7 Å². The number of halogens is 2. The Morgan fingerprint density at radius 2 is 1.97 bits per heavy atom. The summed E-state index contributed by atoms with van der Waals surface area (Å²) in [6, 6.07) is 4.94. The van der Waals surface area contributed by atoms with Crippen LogP contribution >= 0.6 is 11.8 Å². The molecule has 192 valence electrons. The summed E-state index contributed by atoms with van der Waals surface area (Å²) in [5.74, 6) is -1.93. The molecule has 1 aliphatic rings. The van der Waals surface area contributed by atoms with Gasteiger partial charge in [-0.3, -0.25) is 4.79 Å². The van der Waals surface area contributed by atoms with Crippen molar-refractivity contribution in [2.75, 3.05) is 6.61 Å². The van der Waals surface area contributed by atoms with Crippen molar-refractivity contribution >= 4 is 28.8 Å². The van der Waals surface area contributed by atoms with Crippen molar-refractivity contribution in [2.45, 2.75) is 54.6 Å². The third kappa shape index (κ3) is 5.98. The number of aliphatic hydroxyl groups is 1. The number of amides is 1. The Labute approximate surface area is 217 Å². The van der Waals surface area contributed by atoms with E-state index in [1.807, 2.05) is 13.0 Å². The van der Waals surface area contributed by atoms with E-state index in [4.69, 9.17) is 5.11 Å². The first kappa shape index (κ1) is 26.3. The third-order valence-electron chi connectivity index (χ3n) is 6.25. The maximum atomic E-state index is 14.4. The molecule has 3 heterocycles. The smallest absolute Gasteiger partial charge is 0.245 e. The van der Waals surface area contributed by atoms with Crippen LogP contribution in [0.25, 0.3) is 11.1 Å². The van der Waals surface area contributed by atoms with Crippen molar-refractivity contribution in [3.05, 3.63) is 71.8 Å². The Hall–Kier alpha value is -3.75. The Balaban J connectivity index is 1.63. The average Bonchev–Trinajstić information content (AvgIpc) is 3.30. The fourth-order valence-corrected chi connectivity index (χ4v) is 5.46. The molecule has 0 unspecified atom stereocenters. The number of hydrogen-bond donors (Lipinski definition) is 3. The average molecular weight is 525 g/mol. The number of pyridine rings is 2.